The van der Waals surface area contributed by atoms with Gasteiger partial charge in [0.25, 0.3) is 0 Å². The fraction of sp³-hybridized carbons (Fsp3) is 0.571. The molecule has 0 saturated carbocycles. The fourth-order valence-electron chi connectivity index (χ4n) is 1.75. The van der Waals surface area contributed by atoms with Crippen LogP contribution >= 0.6 is 0 Å². The summed E-state index contributed by atoms with van der Waals surface area (Å²) in [6.07, 6.45) is 0. The average molecular weight is 221 g/mol. The van der Waals surface area contributed by atoms with Crippen molar-refractivity contribution in [3.05, 3.63) is 35.9 Å². The molecule has 0 fully saturated rings. The van der Waals surface area contributed by atoms with Crippen LogP contribution in [0.2, 0.25) is 0 Å². The molecule has 2 nitrogen and oxygen atoms in total. The van der Waals surface area contributed by atoms with E-state index < -0.39 is 0 Å². The summed E-state index contributed by atoms with van der Waals surface area (Å²) in [5, 5.41) is 3.49. The van der Waals surface area contributed by atoms with Gasteiger partial charge in [-0.3, -0.25) is 0 Å². The molecule has 0 heterocycles. The van der Waals surface area contributed by atoms with Crippen LogP contribution in [0, 0.1) is 5.92 Å². The smallest absolute Gasteiger partial charge is 0.0543 e. The van der Waals surface area contributed by atoms with Gasteiger partial charge in [0.15, 0.2) is 0 Å². The topological polar surface area (TPSA) is 21.3 Å². The Morgan fingerprint density at radius 3 is 2.38 bits per heavy atom. The van der Waals surface area contributed by atoms with Crippen LogP contribution in [0.4, 0.5) is 0 Å². The van der Waals surface area contributed by atoms with Crippen molar-refractivity contribution in [3.63, 3.8) is 0 Å². The highest BCUT2D eigenvalue weighted by atomic mass is 16.5. The number of methoxy groups -OCH3 is 1. The molecule has 0 radical (unpaired) electrons. The zero-order valence-corrected chi connectivity index (χ0v) is 10.6. The minimum absolute atomic E-state index is 0.449. The Labute approximate surface area is 99.0 Å². The molecule has 90 valence electrons. The number of rotatable bonds is 7. The highest BCUT2D eigenvalue weighted by Crippen LogP contribution is 2.14. The van der Waals surface area contributed by atoms with E-state index >= 15 is 0 Å². The summed E-state index contributed by atoms with van der Waals surface area (Å²) >= 11 is 0. The van der Waals surface area contributed by atoms with Gasteiger partial charge in [0, 0.05) is 19.6 Å². The summed E-state index contributed by atoms with van der Waals surface area (Å²) in [6.45, 7) is 7.26. The Morgan fingerprint density at radius 1 is 1.12 bits per heavy atom. The summed E-state index contributed by atoms with van der Waals surface area (Å²) in [5.41, 5.74) is 1.35. The molecule has 0 bridgehead atoms. The van der Waals surface area contributed by atoms with Gasteiger partial charge in [-0.25, -0.2) is 0 Å². The minimum atomic E-state index is 0.449. The van der Waals surface area contributed by atoms with Crippen LogP contribution in [0.5, 0.6) is 0 Å². The van der Waals surface area contributed by atoms with Crippen molar-refractivity contribution in [1.82, 2.24) is 5.32 Å². The molecule has 1 atom stereocenters. The van der Waals surface area contributed by atoms with E-state index in [0.29, 0.717) is 11.8 Å². The second-order valence-electron chi connectivity index (χ2n) is 4.62. The third-order valence-corrected chi connectivity index (χ3v) is 2.58. The quantitative estimate of drug-likeness (QED) is 0.764. The summed E-state index contributed by atoms with van der Waals surface area (Å²) in [4.78, 5) is 0. The zero-order valence-electron chi connectivity index (χ0n) is 10.6. The first-order chi connectivity index (χ1) is 7.74. The molecule has 1 rings (SSSR count). The lowest BCUT2D eigenvalue weighted by molar-refractivity contribution is 0.177. The highest BCUT2D eigenvalue weighted by molar-refractivity contribution is 5.19. The van der Waals surface area contributed by atoms with E-state index in [1.165, 1.54) is 5.56 Å². The minimum Gasteiger partial charge on any atom is -0.384 e. The molecule has 0 saturated heterocycles. The second kappa shape index (κ2) is 7.42. The standard InChI is InChI=1S/C14H23NO/c1-12(2)9-15-10-14(11-16-3)13-7-5-4-6-8-13/h4-8,12,14-15H,9-11H2,1-3H3. The molecule has 2 heteroatoms. The van der Waals surface area contributed by atoms with Crippen LogP contribution < -0.4 is 5.32 Å². The maximum atomic E-state index is 5.28. The number of hydrogen-bond donors (Lipinski definition) is 1. The van der Waals surface area contributed by atoms with Gasteiger partial charge in [0.05, 0.1) is 6.61 Å². The summed E-state index contributed by atoms with van der Waals surface area (Å²) < 4.78 is 5.28. The monoisotopic (exact) mass is 221 g/mol. The van der Waals surface area contributed by atoms with E-state index in [0.717, 1.165) is 19.7 Å². The molecular formula is C14H23NO. The van der Waals surface area contributed by atoms with E-state index in [1.807, 2.05) is 0 Å². The van der Waals surface area contributed by atoms with Gasteiger partial charge in [0.1, 0.15) is 0 Å². The molecule has 0 aliphatic heterocycles. The Bertz CT molecular complexity index is 271. The first-order valence-electron chi connectivity index (χ1n) is 5.98. The normalized spacial score (nSPS) is 13.0. The van der Waals surface area contributed by atoms with Gasteiger partial charge in [-0.1, -0.05) is 44.2 Å². The highest BCUT2D eigenvalue weighted by Gasteiger charge is 2.10. The van der Waals surface area contributed by atoms with E-state index in [1.54, 1.807) is 7.11 Å². The first kappa shape index (κ1) is 13.2. The predicted octanol–water partition coefficient (Wildman–Crippen LogP) is 2.66. The lowest BCUT2D eigenvalue weighted by Gasteiger charge is -2.18. The second-order valence-corrected chi connectivity index (χ2v) is 4.62. The third kappa shape index (κ3) is 4.77. The van der Waals surface area contributed by atoms with Crippen molar-refractivity contribution in [1.29, 1.82) is 0 Å². The Hall–Kier alpha value is -0.860. The van der Waals surface area contributed by atoms with Crippen molar-refractivity contribution in [2.45, 2.75) is 19.8 Å². The molecule has 1 unspecified atom stereocenters. The van der Waals surface area contributed by atoms with Gasteiger partial charge in [-0.15, -0.1) is 0 Å². The van der Waals surface area contributed by atoms with Gasteiger partial charge in [-0.05, 0) is 18.0 Å². The van der Waals surface area contributed by atoms with Crippen LogP contribution in [0.15, 0.2) is 30.3 Å². The lowest BCUT2D eigenvalue weighted by Crippen LogP contribution is -2.27. The molecule has 0 aliphatic carbocycles. The average Bonchev–Trinajstić information content (AvgIpc) is 2.29. The molecule has 0 amide bonds. The van der Waals surface area contributed by atoms with E-state index in [9.17, 15) is 0 Å². The van der Waals surface area contributed by atoms with Gasteiger partial charge < -0.3 is 10.1 Å². The molecule has 1 aromatic carbocycles. The summed E-state index contributed by atoms with van der Waals surface area (Å²) in [6, 6.07) is 10.6. The van der Waals surface area contributed by atoms with Gasteiger partial charge in [0.2, 0.25) is 0 Å². The molecule has 0 spiro atoms. The van der Waals surface area contributed by atoms with Crippen molar-refractivity contribution < 1.29 is 4.74 Å². The Morgan fingerprint density at radius 2 is 1.81 bits per heavy atom. The number of benzene rings is 1. The van der Waals surface area contributed by atoms with Crippen molar-refractivity contribution in [2.75, 3.05) is 26.8 Å². The van der Waals surface area contributed by atoms with Crippen LogP contribution in [0.1, 0.15) is 25.3 Å². The van der Waals surface area contributed by atoms with E-state index in [-0.39, 0.29) is 0 Å². The van der Waals surface area contributed by atoms with Crippen molar-refractivity contribution in [2.24, 2.45) is 5.92 Å². The number of hydrogen-bond acceptors (Lipinski definition) is 2. The van der Waals surface area contributed by atoms with Crippen molar-refractivity contribution in [3.8, 4) is 0 Å². The molecular weight excluding hydrogens is 198 g/mol. The van der Waals surface area contributed by atoms with Crippen molar-refractivity contribution >= 4 is 0 Å². The van der Waals surface area contributed by atoms with E-state index in [4.69, 9.17) is 4.74 Å². The maximum Gasteiger partial charge on any atom is 0.0543 e. The number of ether oxygens (including phenoxy) is 1. The third-order valence-electron chi connectivity index (χ3n) is 2.58. The Kier molecular flexibility index (Phi) is 6.12. The van der Waals surface area contributed by atoms with Gasteiger partial charge in [-0.2, -0.15) is 0 Å². The summed E-state index contributed by atoms with van der Waals surface area (Å²) in [5.74, 6) is 1.14. The zero-order chi connectivity index (χ0) is 11.8. The molecule has 16 heavy (non-hydrogen) atoms. The van der Waals surface area contributed by atoms with Crippen LogP contribution in [0.25, 0.3) is 0 Å². The Balaban J connectivity index is 2.48. The number of nitrogens with one attached hydrogen (secondary N) is 1. The van der Waals surface area contributed by atoms with Crippen LogP contribution in [-0.2, 0) is 4.74 Å². The van der Waals surface area contributed by atoms with Crippen LogP contribution in [0.3, 0.4) is 0 Å². The molecule has 0 aromatic heterocycles. The SMILES string of the molecule is COCC(CNCC(C)C)c1ccccc1. The maximum absolute atomic E-state index is 5.28. The molecule has 1 N–H and O–H groups in total. The summed E-state index contributed by atoms with van der Waals surface area (Å²) in [7, 11) is 1.76. The molecule has 1 aromatic rings. The van der Waals surface area contributed by atoms with E-state index in [2.05, 4.69) is 49.5 Å². The largest absolute Gasteiger partial charge is 0.384 e. The molecule has 0 aliphatic rings. The fourth-order valence-corrected chi connectivity index (χ4v) is 1.75. The van der Waals surface area contributed by atoms with Crippen LogP contribution in [-0.4, -0.2) is 26.8 Å². The predicted molar refractivity (Wildman–Crippen MR) is 68.8 cm³/mol. The van der Waals surface area contributed by atoms with Gasteiger partial charge >= 0.3 is 0 Å². The first-order valence-corrected chi connectivity index (χ1v) is 5.98. The lowest BCUT2D eigenvalue weighted by atomic mass is 10.00.